The zero-order chi connectivity index (χ0) is 12.7. The van der Waals surface area contributed by atoms with E-state index < -0.39 is 0 Å². The van der Waals surface area contributed by atoms with E-state index in [4.69, 9.17) is 11.6 Å². The Kier molecular flexibility index (Phi) is 7.16. The molecule has 1 N–H and O–H groups in total. The Morgan fingerprint density at radius 2 is 2.06 bits per heavy atom. The van der Waals surface area contributed by atoms with Crippen molar-refractivity contribution in [3.63, 3.8) is 0 Å². The quantitative estimate of drug-likeness (QED) is 0.573. The van der Waals surface area contributed by atoms with E-state index in [-0.39, 0.29) is 5.91 Å². The van der Waals surface area contributed by atoms with Crippen LogP contribution < -0.4 is 5.32 Å². The molecule has 0 spiro atoms. The Morgan fingerprint density at radius 3 is 2.71 bits per heavy atom. The summed E-state index contributed by atoms with van der Waals surface area (Å²) in [5.41, 5.74) is 0.620. The molecule has 0 heterocycles. The molecule has 1 aromatic carbocycles. The smallest absolute Gasteiger partial charge is 0.252 e. The largest absolute Gasteiger partial charge is 0.352 e. The first-order valence-corrected chi connectivity index (χ1v) is 7.73. The number of alkyl halides is 1. The van der Waals surface area contributed by atoms with Crippen LogP contribution in [0, 0.1) is 0 Å². The third-order valence-electron chi connectivity index (χ3n) is 2.27. The van der Waals surface area contributed by atoms with Crippen molar-refractivity contribution in [2.75, 3.05) is 11.9 Å². The molecule has 2 nitrogen and oxygen atoms in total. The number of hydrogen-bond acceptors (Lipinski definition) is 1. The molecule has 0 aliphatic heterocycles. The maximum Gasteiger partial charge on any atom is 0.252 e. The number of benzene rings is 1. The van der Waals surface area contributed by atoms with Crippen LogP contribution >= 0.6 is 43.5 Å². The summed E-state index contributed by atoms with van der Waals surface area (Å²) in [6.45, 7) is 0.709. The number of carbonyl (C=O) groups excluding carboxylic acids is 1. The summed E-state index contributed by atoms with van der Waals surface area (Å²) in [7, 11) is 0. The van der Waals surface area contributed by atoms with Crippen molar-refractivity contribution in [2.24, 2.45) is 0 Å². The van der Waals surface area contributed by atoms with Crippen LogP contribution in [-0.2, 0) is 0 Å². The second-order valence-electron chi connectivity index (χ2n) is 3.63. The van der Waals surface area contributed by atoms with Gasteiger partial charge < -0.3 is 5.32 Å². The minimum absolute atomic E-state index is 0.0626. The van der Waals surface area contributed by atoms with Gasteiger partial charge in [0.15, 0.2) is 0 Å². The van der Waals surface area contributed by atoms with Gasteiger partial charge in [-0.15, -0.1) is 0 Å². The molecule has 0 aliphatic carbocycles. The highest BCUT2D eigenvalue weighted by atomic mass is 79.9. The highest BCUT2D eigenvalue weighted by Gasteiger charge is 2.09. The molecule has 5 heteroatoms. The van der Waals surface area contributed by atoms with Gasteiger partial charge in [-0.2, -0.15) is 0 Å². The van der Waals surface area contributed by atoms with Gasteiger partial charge in [0, 0.05) is 21.4 Å². The molecular weight excluding hydrogens is 369 g/mol. The third kappa shape index (κ3) is 5.40. The Morgan fingerprint density at radius 1 is 1.29 bits per heavy atom. The maximum absolute atomic E-state index is 11.8. The second-order valence-corrected chi connectivity index (χ2v) is 5.71. The lowest BCUT2D eigenvalue weighted by atomic mass is 10.2. The lowest BCUT2D eigenvalue weighted by Crippen LogP contribution is -2.24. The van der Waals surface area contributed by atoms with Gasteiger partial charge in [0.2, 0.25) is 0 Å². The SMILES string of the molecule is O=C(NCCCCCBr)c1ccc(Cl)cc1Br. The highest BCUT2D eigenvalue weighted by molar-refractivity contribution is 9.10. The van der Waals surface area contributed by atoms with Crippen LogP contribution in [0.5, 0.6) is 0 Å². The zero-order valence-corrected chi connectivity index (χ0v) is 13.2. The lowest BCUT2D eigenvalue weighted by molar-refractivity contribution is 0.0952. The predicted octanol–water partition coefficient (Wildman–Crippen LogP) is 4.40. The van der Waals surface area contributed by atoms with Gasteiger partial charge in [-0.3, -0.25) is 4.79 Å². The van der Waals surface area contributed by atoms with Gasteiger partial charge in [0.25, 0.3) is 5.91 Å². The summed E-state index contributed by atoms with van der Waals surface area (Å²) >= 11 is 12.5. The van der Waals surface area contributed by atoms with Gasteiger partial charge >= 0.3 is 0 Å². The van der Waals surface area contributed by atoms with Crippen molar-refractivity contribution in [1.29, 1.82) is 0 Å². The van der Waals surface area contributed by atoms with Gasteiger partial charge in [0.1, 0.15) is 0 Å². The van der Waals surface area contributed by atoms with Gasteiger partial charge in [0.05, 0.1) is 5.56 Å². The van der Waals surface area contributed by atoms with E-state index in [2.05, 4.69) is 37.2 Å². The average Bonchev–Trinajstić information content (AvgIpc) is 2.28. The van der Waals surface area contributed by atoms with E-state index >= 15 is 0 Å². The van der Waals surface area contributed by atoms with E-state index in [1.54, 1.807) is 18.2 Å². The predicted molar refractivity (Wildman–Crippen MR) is 79.1 cm³/mol. The minimum Gasteiger partial charge on any atom is -0.352 e. The van der Waals surface area contributed by atoms with Crippen LogP contribution in [0.1, 0.15) is 29.6 Å². The van der Waals surface area contributed by atoms with Crippen LogP contribution in [0.15, 0.2) is 22.7 Å². The summed E-state index contributed by atoms with van der Waals surface area (Å²) in [4.78, 5) is 11.8. The van der Waals surface area contributed by atoms with E-state index in [1.165, 1.54) is 0 Å². The Bertz CT molecular complexity index is 385. The minimum atomic E-state index is -0.0626. The summed E-state index contributed by atoms with van der Waals surface area (Å²) in [5.74, 6) is -0.0626. The molecule has 94 valence electrons. The average molecular weight is 384 g/mol. The number of hydrogen-bond donors (Lipinski definition) is 1. The Hall–Kier alpha value is -0.0600. The summed E-state index contributed by atoms with van der Waals surface area (Å²) in [6, 6.07) is 5.16. The van der Waals surface area contributed by atoms with Gasteiger partial charge in [-0.05, 0) is 47.0 Å². The van der Waals surface area contributed by atoms with E-state index in [9.17, 15) is 4.79 Å². The third-order valence-corrected chi connectivity index (χ3v) is 3.72. The molecule has 0 radical (unpaired) electrons. The molecule has 0 aliphatic rings. The Labute approximate surface area is 123 Å². The highest BCUT2D eigenvalue weighted by Crippen LogP contribution is 2.21. The monoisotopic (exact) mass is 381 g/mol. The molecular formula is C12H14Br2ClNO. The van der Waals surface area contributed by atoms with Crippen LogP contribution in [-0.4, -0.2) is 17.8 Å². The molecule has 1 aromatic rings. The number of carbonyl (C=O) groups is 1. The normalized spacial score (nSPS) is 10.3. The van der Waals surface area contributed by atoms with Crippen molar-refractivity contribution in [1.82, 2.24) is 5.32 Å². The van der Waals surface area contributed by atoms with E-state index in [0.29, 0.717) is 17.1 Å². The molecule has 1 amide bonds. The van der Waals surface area contributed by atoms with E-state index in [0.717, 1.165) is 29.1 Å². The second kappa shape index (κ2) is 8.11. The number of unbranched alkanes of at least 4 members (excludes halogenated alkanes) is 2. The van der Waals surface area contributed by atoms with Crippen molar-refractivity contribution < 1.29 is 4.79 Å². The summed E-state index contributed by atoms with van der Waals surface area (Å²) in [5, 5.41) is 4.52. The van der Waals surface area contributed by atoms with Crippen LogP contribution in [0.3, 0.4) is 0 Å². The molecule has 0 bridgehead atoms. The van der Waals surface area contributed by atoms with Gasteiger partial charge in [-0.1, -0.05) is 34.0 Å². The number of amides is 1. The first kappa shape index (κ1) is 15.0. The van der Waals surface area contributed by atoms with Crippen LogP contribution in [0.25, 0.3) is 0 Å². The molecule has 0 unspecified atom stereocenters. The summed E-state index contributed by atoms with van der Waals surface area (Å²) in [6.07, 6.45) is 3.26. The van der Waals surface area contributed by atoms with Crippen molar-refractivity contribution >= 4 is 49.4 Å². The fourth-order valence-electron chi connectivity index (χ4n) is 1.37. The van der Waals surface area contributed by atoms with E-state index in [1.807, 2.05) is 0 Å². The standard InChI is InChI=1S/C12H14Br2ClNO/c13-6-2-1-3-7-16-12(17)10-5-4-9(15)8-11(10)14/h4-5,8H,1-3,6-7H2,(H,16,17). The fourth-order valence-corrected chi connectivity index (χ4v) is 2.63. The summed E-state index contributed by atoms with van der Waals surface area (Å²) < 4.78 is 0.725. The van der Waals surface area contributed by atoms with Gasteiger partial charge in [-0.25, -0.2) is 0 Å². The Balaban J connectivity index is 2.42. The molecule has 0 fully saturated rings. The topological polar surface area (TPSA) is 29.1 Å². The number of rotatable bonds is 6. The number of halogens is 3. The molecule has 0 aromatic heterocycles. The lowest BCUT2D eigenvalue weighted by Gasteiger charge is -2.06. The van der Waals surface area contributed by atoms with Crippen molar-refractivity contribution in [3.8, 4) is 0 Å². The molecule has 0 saturated carbocycles. The number of nitrogens with one attached hydrogen (secondary N) is 1. The first-order chi connectivity index (χ1) is 8.15. The van der Waals surface area contributed by atoms with Crippen LogP contribution in [0.2, 0.25) is 5.02 Å². The van der Waals surface area contributed by atoms with Crippen molar-refractivity contribution in [3.05, 3.63) is 33.3 Å². The zero-order valence-electron chi connectivity index (χ0n) is 9.31. The van der Waals surface area contributed by atoms with Crippen molar-refractivity contribution in [2.45, 2.75) is 19.3 Å². The van der Waals surface area contributed by atoms with Crippen LogP contribution in [0.4, 0.5) is 0 Å². The molecule has 17 heavy (non-hydrogen) atoms. The maximum atomic E-state index is 11.8. The molecule has 1 rings (SSSR count). The molecule has 0 saturated heterocycles. The fraction of sp³-hybridized carbons (Fsp3) is 0.417. The first-order valence-electron chi connectivity index (χ1n) is 5.44. The molecule has 0 atom stereocenters.